The van der Waals surface area contributed by atoms with Crippen LogP contribution in [0, 0.1) is 0 Å². The van der Waals surface area contributed by atoms with E-state index in [1.165, 1.54) is 0 Å². The summed E-state index contributed by atoms with van der Waals surface area (Å²) in [6, 6.07) is 0. The average molecular weight is 262 g/mol. The molecule has 0 aliphatic heterocycles. The van der Waals surface area contributed by atoms with Gasteiger partial charge in [0.25, 0.3) is 0 Å². The molecule has 0 fully saturated rings. The summed E-state index contributed by atoms with van der Waals surface area (Å²) >= 11 is 0. The molecule has 0 saturated heterocycles. The molecule has 0 aromatic carbocycles. The highest BCUT2D eigenvalue weighted by Gasteiger charge is 2.12. The Hall–Kier alpha value is -2.12. The molecule has 0 rings (SSSR count). The largest absolute Gasteiger partial charge is 0.473 e. The van der Waals surface area contributed by atoms with Gasteiger partial charge in [0.15, 0.2) is 0 Å². The minimum atomic E-state index is -1.63. The fourth-order valence-corrected chi connectivity index (χ4v) is 1.01. The number of aliphatic carboxylic acids is 2. The highest BCUT2D eigenvalue weighted by molar-refractivity contribution is 6.29. The number of carboxylic acid groups (broad SMARTS) is 2. The third kappa shape index (κ3) is 8.08. The van der Waals surface area contributed by atoms with Gasteiger partial charge in [-0.3, -0.25) is 0 Å². The first-order valence-electron chi connectivity index (χ1n) is 5.25. The smallest absolute Gasteiger partial charge is 0.417 e. The number of carbonyl (C=O) groups excluding carboxylic acids is 2. The maximum Gasteiger partial charge on any atom is 0.417 e. The Bertz CT molecular complexity index is 290. The first kappa shape index (κ1) is 15.9. The van der Waals surface area contributed by atoms with Gasteiger partial charge < -0.3 is 19.7 Å². The van der Waals surface area contributed by atoms with Gasteiger partial charge in [-0.2, -0.15) is 0 Å². The van der Waals surface area contributed by atoms with Gasteiger partial charge in [-0.05, 0) is 25.7 Å². The van der Waals surface area contributed by atoms with Crippen molar-refractivity contribution >= 4 is 23.9 Å². The molecule has 2 N–H and O–H groups in total. The minimum absolute atomic E-state index is 0.0139. The van der Waals surface area contributed by atoms with Crippen molar-refractivity contribution in [3.05, 3.63) is 0 Å². The van der Waals surface area contributed by atoms with Crippen LogP contribution in [-0.4, -0.2) is 47.3 Å². The molecule has 0 aromatic heterocycles. The Kier molecular flexibility index (Phi) is 7.91. The number of hydrogen-bond donors (Lipinski definition) is 2. The monoisotopic (exact) mass is 262 g/mol. The number of carbonyl (C=O) groups is 4. The van der Waals surface area contributed by atoms with Gasteiger partial charge in [0.1, 0.15) is 0 Å². The van der Waals surface area contributed by atoms with Crippen LogP contribution in [0.5, 0.6) is 0 Å². The van der Waals surface area contributed by atoms with Crippen LogP contribution in [0.3, 0.4) is 0 Å². The highest BCUT2D eigenvalue weighted by atomic mass is 16.6. The van der Waals surface area contributed by atoms with Crippen molar-refractivity contribution in [2.45, 2.75) is 25.7 Å². The van der Waals surface area contributed by atoms with Crippen LogP contribution in [0.15, 0.2) is 0 Å². The molecule has 0 atom stereocenters. The van der Waals surface area contributed by atoms with E-state index in [9.17, 15) is 19.2 Å². The number of esters is 2. The van der Waals surface area contributed by atoms with Crippen LogP contribution in [0.2, 0.25) is 0 Å². The van der Waals surface area contributed by atoms with E-state index in [1.54, 1.807) is 0 Å². The third-order valence-corrected chi connectivity index (χ3v) is 1.85. The van der Waals surface area contributed by atoms with Crippen molar-refractivity contribution in [1.29, 1.82) is 0 Å². The predicted molar refractivity (Wildman–Crippen MR) is 55.7 cm³/mol. The standard InChI is InChI=1S/C10H14O8/c11-7(12)9(15)17-5-3-1-2-4-6-18-10(16)8(13)14/h1-6H2,(H,11,12)(H,13,14). The zero-order valence-electron chi connectivity index (χ0n) is 9.59. The van der Waals surface area contributed by atoms with Crippen LogP contribution in [0.4, 0.5) is 0 Å². The summed E-state index contributed by atoms with van der Waals surface area (Å²) < 4.78 is 8.76. The molecule has 0 aliphatic rings. The molecular weight excluding hydrogens is 248 g/mol. The number of rotatable bonds is 7. The summed E-state index contributed by atoms with van der Waals surface area (Å²) in [6.07, 6.45) is 2.28. The first-order chi connectivity index (χ1) is 8.45. The molecule has 0 saturated carbocycles. The fourth-order valence-electron chi connectivity index (χ4n) is 1.01. The Balaban J connectivity index is 3.32. The van der Waals surface area contributed by atoms with E-state index >= 15 is 0 Å². The zero-order valence-corrected chi connectivity index (χ0v) is 9.59. The van der Waals surface area contributed by atoms with Gasteiger partial charge >= 0.3 is 23.9 Å². The Morgan fingerprint density at radius 1 is 0.667 bits per heavy atom. The summed E-state index contributed by atoms with van der Waals surface area (Å²) in [5.41, 5.74) is 0. The second kappa shape index (κ2) is 8.97. The van der Waals surface area contributed by atoms with E-state index in [1.807, 2.05) is 0 Å². The van der Waals surface area contributed by atoms with E-state index in [-0.39, 0.29) is 13.2 Å². The number of carboxylic acids is 2. The van der Waals surface area contributed by atoms with Crippen LogP contribution in [0.1, 0.15) is 25.7 Å². The van der Waals surface area contributed by atoms with Gasteiger partial charge in [-0.1, -0.05) is 0 Å². The Morgan fingerprint density at radius 2 is 1.00 bits per heavy atom. The lowest BCUT2D eigenvalue weighted by molar-refractivity contribution is -0.164. The molecule has 0 heterocycles. The van der Waals surface area contributed by atoms with Gasteiger partial charge in [0.2, 0.25) is 0 Å². The lowest BCUT2D eigenvalue weighted by atomic mass is 10.2. The molecule has 0 aromatic rings. The van der Waals surface area contributed by atoms with Crippen molar-refractivity contribution < 1.29 is 38.9 Å². The highest BCUT2D eigenvalue weighted by Crippen LogP contribution is 2.01. The molecule has 102 valence electrons. The van der Waals surface area contributed by atoms with Crippen LogP contribution in [-0.2, 0) is 28.7 Å². The van der Waals surface area contributed by atoms with Crippen molar-refractivity contribution in [2.75, 3.05) is 13.2 Å². The fraction of sp³-hybridized carbons (Fsp3) is 0.600. The van der Waals surface area contributed by atoms with Crippen molar-refractivity contribution in [3.8, 4) is 0 Å². The van der Waals surface area contributed by atoms with Crippen molar-refractivity contribution in [3.63, 3.8) is 0 Å². The van der Waals surface area contributed by atoms with E-state index in [0.717, 1.165) is 0 Å². The van der Waals surface area contributed by atoms with Gasteiger partial charge in [-0.15, -0.1) is 0 Å². The molecule has 18 heavy (non-hydrogen) atoms. The molecule has 8 nitrogen and oxygen atoms in total. The van der Waals surface area contributed by atoms with E-state index in [2.05, 4.69) is 9.47 Å². The normalized spacial score (nSPS) is 9.56. The maximum atomic E-state index is 10.5. The SMILES string of the molecule is O=C(O)C(=O)OCCCCCCOC(=O)C(=O)O. The van der Waals surface area contributed by atoms with Crippen molar-refractivity contribution in [1.82, 2.24) is 0 Å². The summed E-state index contributed by atoms with van der Waals surface area (Å²) in [5.74, 6) is -5.83. The molecule has 0 bridgehead atoms. The van der Waals surface area contributed by atoms with Gasteiger partial charge in [-0.25, -0.2) is 19.2 Å². The molecule has 0 amide bonds. The summed E-state index contributed by atoms with van der Waals surface area (Å²) in [5, 5.41) is 16.4. The second-order valence-corrected chi connectivity index (χ2v) is 3.30. The van der Waals surface area contributed by atoms with Crippen molar-refractivity contribution in [2.24, 2.45) is 0 Å². The summed E-state index contributed by atoms with van der Waals surface area (Å²) in [6.45, 7) is 0.0279. The molecule has 0 radical (unpaired) electrons. The zero-order chi connectivity index (χ0) is 14.0. The van der Waals surface area contributed by atoms with Crippen LogP contribution < -0.4 is 0 Å². The predicted octanol–water partition coefficient (Wildman–Crippen LogP) is -0.198. The average Bonchev–Trinajstić information content (AvgIpc) is 2.31. The lowest BCUT2D eigenvalue weighted by Crippen LogP contribution is -2.17. The quantitative estimate of drug-likeness (QED) is 0.367. The molecular formula is C10H14O8. The summed E-state index contributed by atoms with van der Waals surface area (Å²) in [4.78, 5) is 41.1. The molecule has 0 unspecified atom stereocenters. The lowest BCUT2D eigenvalue weighted by Gasteiger charge is -2.03. The van der Waals surface area contributed by atoms with Crippen LogP contribution in [0.25, 0.3) is 0 Å². The minimum Gasteiger partial charge on any atom is -0.473 e. The van der Waals surface area contributed by atoms with Crippen LogP contribution >= 0.6 is 0 Å². The molecule has 0 spiro atoms. The Labute approximate surface area is 102 Å². The van der Waals surface area contributed by atoms with E-state index in [0.29, 0.717) is 25.7 Å². The number of hydrogen-bond acceptors (Lipinski definition) is 6. The molecule has 8 heteroatoms. The maximum absolute atomic E-state index is 10.5. The number of ether oxygens (including phenoxy) is 2. The third-order valence-electron chi connectivity index (χ3n) is 1.85. The second-order valence-electron chi connectivity index (χ2n) is 3.30. The molecule has 0 aliphatic carbocycles. The number of unbranched alkanes of at least 4 members (excludes halogenated alkanes) is 3. The first-order valence-corrected chi connectivity index (χ1v) is 5.25. The topological polar surface area (TPSA) is 127 Å². The Morgan fingerprint density at radius 3 is 1.28 bits per heavy atom. The van der Waals surface area contributed by atoms with E-state index < -0.39 is 23.9 Å². The van der Waals surface area contributed by atoms with E-state index in [4.69, 9.17) is 10.2 Å². The van der Waals surface area contributed by atoms with Gasteiger partial charge in [0, 0.05) is 0 Å². The van der Waals surface area contributed by atoms with Gasteiger partial charge in [0.05, 0.1) is 13.2 Å². The summed E-state index contributed by atoms with van der Waals surface area (Å²) in [7, 11) is 0.